The van der Waals surface area contributed by atoms with Gasteiger partial charge in [0.05, 0.1) is 18.8 Å². The Balaban J connectivity index is 2.40. The van der Waals surface area contributed by atoms with Crippen LogP contribution in [0.25, 0.3) is 0 Å². The number of rotatable bonds is 3. The van der Waals surface area contributed by atoms with Gasteiger partial charge in [-0.1, -0.05) is 0 Å². The maximum atomic E-state index is 11.3. The van der Waals surface area contributed by atoms with E-state index in [0.29, 0.717) is 19.6 Å². The molecular formula is C9H17NO3. The zero-order chi connectivity index (χ0) is 9.84. The van der Waals surface area contributed by atoms with Crippen molar-refractivity contribution in [3.8, 4) is 0 Å². The van der Waals surface area contributed by atoms with E-state index in [1.54, 1.807) is 11.8 Å². The van der Waals surface area contributed by atoms with E-state index in [4.69, 9.17) is 9.84 Å². The highest BCUT2D eigenvalue weighted by atomic mass is 16.5. The first-order chi connectivity index (χ1) is 6.11. The lowest BCUT2D eigenvalue weighted by Gasteiger charge is -2.33. The average molecular weight is 187 g/mol. The summed E-state index contributed by atoms with van der Waals surface area (Å²) in [7, 11) is 0. The molecule has 0 radical (unpaired) electrons. The Morgan fingerprint density at radius 1 is 1.77 bits per heavy atom. The number of aliphatic hydroxyl groups is 1. The second-order valence-corrected chi connectivity index (χ2v) is 3.59. The van der Waals surface area contributed by atoms with E-state index < -0.39 is 0 Å². The average Bonchev–Trinajstić information content (AvgIpc) is 2.03. The van der Waals surface area contributed by atoms with Crippen LogP contribution in [-0.2, 0) is 9.53 Å². The second-order valence-electron chi connectivity index (χ2n) is 3.59. The van der Waals surface area contributed by atoms with Crippen LogP contribution < -0.4 is 0 Å². The molecule has 2 unspecified atom stereocenters. The van der Waals surface area contributed by atoms with E-state index in [0.717, 1.165) is 0 Å². The van der Waals surface area contributed by atoms with Crippen LogP contribution in [0.2, 0.25) is 0 Å². The lowest BCUT2D eigenvalue weighted by Crippen LogP contribution is -2.48. The third kappa shape index (κ3) is 2.97. The number of aliphatic hydroxyl groups excluding tert-OH is 1. The van der Waals surface area contributed by atoms with Crippen LogP contribution in [0, 0.1) is 0 Å². The molecule has 0 aliphatic carbocycles. The molecule has 1 amide bonds. The van der Waals surface area contributed by atoms with Crippen molar-refractivity contribution in [1.29, 1.82) is 0 Å². The van der Waals surface area contributed by atoms with E-state index in [2.05, 4.69) is 0 Å². The van der Waals surface area contributed by atoms with Crippen LogP contribution in [0.15, 0.2) is 0 Å². The summed E-state index contributed by atoms with van der Waals surface area (Å²) in [4.78, 5) is 13.1. The van der Waals surface area contributed by atoms with Crippen molar-refractivity contribution < 1.29 is 14.6 Å². The van der Waals surface area contributed by atoms with Crippen molar-refractivity contribution in [3.05, 3.63) is 0 Å². The van der Waals surface area contributed by atoms with Gasteiger partial charge in [-0.3, -0.25) is 4.79 Å². The molecule has 4 nitrogen and oxygen atoms in total. The molecule has 0 aromatic rings. The quantitative estimate of drug-likeness (QED) is 0.677. The highest BCUT2D eigenvalue weighted by molar-refractivity contribution is 5.78. The van der Waals surface area contributed by atoms with Gasteiger partial charge in [0.25, 0.3) is 0 Å². The molecule has 1 N–H and O–H groups in total. The molecule has 13 heavy (non-hydrogen) atoms. The number of hydrogen-bond donors (Lipinski definition) is 1. The molecule has 1 saturated heterocycles. The van der Waals surface area contributed by atoms with Gasteiger partial charge < -0.3 is 14.7 Å². The lowest BCUT2D eigenvalue weighted by atomic mass is 10.2. The molecule has 2 atom stereocenters. The molecular weight excluding hydrogens is 170 g/mol. The molecule has 0 bridgehead atoms. The Labute approximate surface area is 78.5 Å². The topological polar surface area (TPSA) is 49.8 Å². The normalized spacial score (nSPS) is 26.2. The Kier molecular flexibility index (Phi) is 3.69. The first-order valence-electron chi connectivity index (χ1n) is 4.66. The third-order valence-electron chi connectivity index (χ3n) is 2.22. The van der Waals surface area contributed by atoms with Gasteiger partial charge in [0, 0.05) is 6.54 Å². The van der Waals surface area contributed by atoms with Crippen molar-refractivity contribution in [2.24, 2.45) is 0 Å². The van der Waals surface area contributed by atoms with Crippen LogP contribution >= 0.6 is 0 Å². The van der Waals surface area contributed by atoms with E-state index >= 15 is 0 Å². The second kappa shape index (κ2) is 4.58. The van der Waals surface area contributed by atoms with Gasteiger partial charge in [0.1, 0.15) is 6.61 Å². The summed E-state index contributed by atoms with van der Waals surface area (Å²) in [6.07, 6.45) is 0.290. The molecule has 0 spiro atoms. The number of ether oxygens (including phenoxy) is 1. The maximum absolute atomic E-state index is 11.3. The Bertz CT molecular complexity index is 182. The van der Waals surface area contributed by atoms with E-state index in [9.17, 15) is 4.79 Å². The predicted molar refractivity (Wildman–Crippen MR) is 48.3 cm³/mol. The molecule has 1 aliphatic rings. The first kappa shape index (κ1) is 10.5. The smallest absolute Gasteiger partial charge is 0.248 e. The summed E-state index contributed by atoms with van der Waals surface area (Å²) in [6, 6.07) is 0.139. The summed E-state index contributed by atoms with van der Waals surface area (Å²) in [5.74, 6) is 0.0272. The molecule has 0 aromatic heterocycles. The fourth-order valence-corrected chi connectivity index (χ4v) is 1.41. The van der Waals surface area contributed by atoms with Crippen molar-refractivity contribution >= 4 is 5.91 Å². The van der Waals surface area contributed by atoms with E-state index in [1.165, 1.54) is 0 Å². The summed E-state index contributed by atoms with van der Waals surface area (Å²) < 4.78 is 5.08. The number of carbonyl (C=O) groups is 1. The molecule has 1 rings (SSSR count). The predicted octanol–water partition coefficient (Wildman–Crippen LogP) is 0.00460. The maximum Gasteiger partial charge on any atom is 0.248 e. The molecule has 1 fully saturated rings. The van der Waals surface area contributed by atoms with Gasteiger partial charge in [0.2, 0.25) is 5.91 Å². The monoisotopic (exact) mass is 187 g/mol. The fourth-order valence-electron chi connectivity index (χ4n) is 1.41. The van der Waals surface area contributed by atoms with Crippen LogP contribution in [0.1, 0.15) is 20.3 Å². The SMILES string of the molecule is CC(O)CCN1C(=O)COCC1C. The third-order valence-corrected chi connectivity index (χ3v) is 2.22. The number of nitrogens with zero attached hydrogens (tertiary/aromatic N) is 1. The minimum Gasteiger partial charge on any atom is -0.393 e. The van der Waals surface area contributed by atoms with Gasteiger partial charge in [0.15, 0.2) is 0 Å². The van der Waals surface area contributed by atoms with Crippen molar-refractivity contribution in [1.82, 2.24) is 4.90 Å². The summed E-state index contributed by atoms with van der Waals surface area (Å²) in [5.41, 5.74) is 0. The van der Waals surface area contributed by atoms with E-state index in [-0.39, 0.29) is 24.7 Å². The molecule has 1 heterocycles. The standard InChI is InChI=1S/C9H17NO3/c1-7-5-13-6-9(12)10(7)4-3-8(2)11/h7-8,11H,3-6H2,1-2H3. The summed E-state index contributed by atoms with van der Waals surface area (Å²) >= 11 is 0. The minimum atomic E-state index is -0.345. The number of amides is 1. The number of carbonyl (C=O) groups excluding carboxylic acids is 1. The van der Waals surface area contributed by atoms with E-state index in [1.807, 2.05) is 6.92 Å². The largest absolute Gasteiger partial charge is 0.393 e. The molecule has 0 aromatic carbocycles. The van der Waals surface area contributed by atoms with Crippen molar-refractivity contribution in [2.75, 3.05) is 19.8 Å². The number of hydrogen-bond acceptors (Lipinski definition) is 3. The minimum absolute atomic E-state index is 0.0272. The van der Waals surface area contributed by atoms with Gasteiger partial charge >= 0.3 is 0 Å². The van der Waals surface area contributed by atoms with Crippen molar-refractivity contribution in [2.45, 2.75) is 32.4 Å². The van der Waals surface area contributed by atoms with Crippen LogP contribution in [0.3, 0.4) is 0 Å². The highest BCUT2D eigenvalue weighted by Gasteiger charge is 2.24. The van der Waals surface area contributed by atoms with Crippen LogP contribution in [0.4, 0.5) is 0 Å². The number of morpholine rings is 1. The molecule has 4 heteroatoms. The van der Waals surface area contributed by atoms with Crippen LogP contribution in [0.5, 0.6) is 0 Å². The van der Waals surface area contributed by atoms with Crippen molar-refractivity contribution in [3.63, 3.8) is 0 Å². The first-order valence-corrected chi connectivity index (χ1v) is 4.66. The Morgan fingerprint density at radius 2 is 2.46 bits per heavy atom. The molecule has 1 aliphatic heterocycles. The van der Waals surface area contributed by atoms with Gasteiger partial charge in [-0.15, -0.1) is 0 Å². The molecule has 0 saturated carbocycles. The summed E-state index contributed by atoms with van der Waals surface area (Å²) in [5, 5.41) is 9.09. The van der Waals surface area contributed by atoms with Gasteiger partial charge in [-0.25, -0.2) is 0 Å². The Morgan fingerprint density at radius 3 is 3.00 bits per heavy atom. The molecule has 76 valence electrons. The zero-order valence-electron chi connectivity index (χ0n) is 8.19. The fraction of sp³-hybridized carbons (Fsp3) is 0.889. The zero-order valence-corrected chi connectivity index (χ0v) is 8.19. The lowest BCUT2D eigenvalue weighted by molar-refractivity contribution is -0.147. The summed E-state index contributed by atoms with van der Waals surface area (Å²) in [6.45, 7) is 5.10. The highest BCUT2D eigenvalue weighted by Crippen LogP contribution is 2.08. The van der Waals surface area contributed by atoms with Gasteiger partial charge in [-0.05, 0) is 20.3 Å². The van der Waals surface area contributed by atoms with Gasteiger partial charge in [-0.2, -0.15) is 0 Å². The van der Waals surface area contributed by atoms with Crippen LogP contribution in [-0.4, -0.2) is 47.8 Å². The Hall–Kier alpha value is -0.610.